The van der Waals surface area contributed by atoms with Crippen molar-refractivity contribution in [3.05, 3.63) is 30.3 Å². The fourth-order valence-electron chi connectivity index (χ4n) is 2.76. The molecule has 2 amide bonds. The summed E-state index contributed by atoms with van der Waals surface area (Å²) in [7, 11) is 0. The van der Waals surface area contributed by atoms with E-state index in [1.165, 1.54) is 5.69 Å². The number of hydrogen-bond acceptors (Lipinski definition) is 4. The molecule has 1 aliphatic heterocycles. The minimum Gasteiger partial charge on any atom is -0.370 e. The Labute approximate surface area is 168 Å². The maximum atomic E-state index is 12.3. The van der Waals surface area contributed by atoms with Crippen LogP contribution in [0.25, 0.3) is 0 Å². The fourth-order valence-corrected chi connectivity index (χ4v) is 2.76. The van der Waals surface area contributed by atoms with Crippen LogP contribution in [0.3, 0.4) is 0 Å². The van der Waals surface area contributed by atoms with E-state index in [9.17, 15) is 9.59 Å². The molecule has 0 aromatic heterocycles. The first kappa shape index (κ1) is 24.5. The highest BCUT2D eigenvalue weighted by atomic mass is 35.5. The third-order valence-corrected chi connectivity index (χ3v) is 4.40. The number of nitrogens with one attached hydrogen (secondary N) is 1. The number of carbonyl (C=O) groups excluding carboxylic acids is 2. The highest BCUT2D eigenvalue weighted by Crippen LogP contribution is 2.15. The Hall–Kier alpha value is -1.50. The molecule has 0 aliphatic carbocycles. The molecule has 1 aromatic carbocycles. The number of amides is 2. The van der Waals surface area contributed by atoms with Gasteiger partial charge in [-0.2, -0.15) is 0 Å². The van der Waals surface area contributed by atoms with E-state index in [4.69, 9.17) is 5.73 Å². The molecule has 6 nitrogen and oxygen atoms in total. The number of nitrogens with zero attached hydrogens (tertiary/aromatic N) is 2. The molecule has 0 radical (unpaired) electrons. The minimum atomic E-state index is -0.574. The van der Waals surface area contributed by atoms with Crippen molar-refractivity contribution in [2.75, 3.05) is 37.6 Å². The maximum absolute atomic E-state index is 12.3. The SMILES string of the molecule is CC(C)[C@H](N)C(=O)NCC(=O)N1CCCN(c2ccccc2)CC1.Cl.Cl. The smallest absolute Gasteiger partial charge is 0.242 e. The molecule has 0 spiro atoms. The van der Waals surface area contributed by atoms with E-state index in [-0.39, 0.29) is 49.1 Å². The predicted molar refractivity (Wildman–Crippen MR) is 110 cm³/mol. The molecule has 1 aliphatic rings. The van der Waals surface area contributed by atoms with Gasteiger partial charge >= 0.3 is 0 Å². The van der Waals surface area contributed by atoms with Crippen molar-refractivity contribution in [2.24, 2.45) is 11.7 Å². The van der Waals surface area contributed by atoms with Crippen LogP contribution in [0.2, 0.25) is 0 Å². The number of benzene rings is 1. The number of anilines is 1. The molecule has 1 heterocycles. The lowest BCUT2D eigenvalue weighted by molar-refractivity contribution is -0.133. The summed E-state index contributed by atoms with van der Waals surface area (Å²) in [6.07, 6.45) is 0.917. The lowest BCUT2D eigenvalue weighted by Crippen LogP contribution is -2.48. The van der Waals surface area contributed by atoms with Crippen LogP contribution in [-0.2, 0) is 9.59 Å². The van der Waals surface area contributed by atoms with Gasteiger partial charge in [0, 0.05) is 31.9 Å². The van der Waals surface area contributed by atoms with Gasteiger partial charge in [0.05, 0.1) is 12.6 Å². The fraction of sp³-hybridized carbons (Fsp3) is 0.556. The second-order valence-electron chi connectivity index (χ2n) is 6.54. The largest absolute Gasteiger partial charge is 0.370 e. The van der Waals surface area contributed by atoms with Crippen molar-refractivity contribution in [2.45, 2.75) is 26.3 Å². The normalized spacial score (nSPS) is 15.4. The van der Waals surface area contributed by atoms with Crippen LogP contribution in [0.15, 0.2) is 30.3 Å². The summed E-state index contributed by atoms with van der Waals surface area (Å²) in [5, 5.41) is 2.66. The zero-order chi connectivity index (χ0) is 17.5. The summed E-state index contributed by atoms with van der Waals surface area (Å²) in [5.41, 5.74) is 6.97. The van der Waals surface area contributed by atoms with E-state index >= 15 is 0 Å². The number of hydrogen-bond donors (Lipinski definition) is 2. The minimum absolute atomic E-state index is 0. The zero-order valence-electron chi connectivity index (χ0n) is 15.4. The van der Waals surface area contributed by atoms with Crippen molar-refractivity contribution < 1.29 is 9.59 Å². The molecule has 0 bridgehead atoms. The van der Waals surface area contributed by atoms with Gasteiger partial charge in [-0.25, -0.2) is 0 Å². The third-order valence-electron chi connectivity index (χ3n) is 4.40. The van der Waals surface area contributed by atoms with Crippen molar-refractivity contribution in [3.63, 3.8) is 0 Å². The predicted octanol–water partition coefficient (Wildman–Crippen LogP) is 1.67. The summed E-state index contributed by atoms with van der Waals surface area (Å²) in [6.45, 7) is 6.91. The highest BCUT2D eigenvalue weighted by molar-refractivity contribution is 5.87. The Morgan fingerprint density at radius 3 is 2.35 bits per heavy atom. The summed E-state index contributed by atoms with van der Waals surface area (Å²) >= 11 is 0. The average Bonchev–Trinajstić information content (AvgIpc) is 2.85. The quantitative estimate of drug-likeness (QED) is 0.781. The molecule has 1 saturated heterocycles. The second-order valence-corrected chi connectivity index (χ2v) is 6.54. The molecular formula is C18H30Cl2N4O2. The number of carbonyl (C=O) groups is 2. The van der Waals surface area contributed by atoms with Gasteiger partial charge in [-0.15, -0.1) is 24.8 Å². The molecule has 1 aromatic rings. The van der Waals surface area contributed by atoms with Crippen LogP contribution in [0.1, 0.15) is 20.3 Å². The lowest BCUT2D eigenvalue weighted by Gasteiger charge is -2.24. The monoisotopic (exact) mass is 404 g/mol. The molecule has 148 valence electrons. The van der Waals surface area contributed by atoms with Gasteiger partial charge in [-0.05, 0) is 24.5 Å². The number of nitrogens with two attached hydrogens (primary N) is 1. The maximum Gasteiger partial charge on any atom is 0.242 e. The molecule has 0 saturated carbocycles. The molecule has 3 N–H and O–H groups in total. The lowest BCUT2D eigenvalue weighted by atomic mass is 10.1. The van der Waals surface area contributed by atoms with Gasteiger partial charge in [0.15, 0.2) is 0 Å². The zero-order valence-corrected chi connectivity index (χ0v) is 17.0. The van der Waals surface area contributed by atoms with Gasteiger partial charge in [-0.1, -0.05) is 32.0 Å². The van der Waals surface area contributed by atoms with Gasteiger partial charge in [0.2, 0.25) is 11.8 Å². The van der Waals surface area contributed by atoms with Crippen molar-refractivity contribution in [1.29, 1.82) is 0 Å². The first-order valence-electron chi connectivity index (χ1n) is 8.60. The van der Waals surface area contributed by atoms with Gasteiger partial charge in [0.1, 0.15) is 0 Å². The van der Waals surface area contributed by atoms with E-state index in [1.807, 2.05) is 36.9 Å². The van der Waals surface area contributed by atoms with Crippen molar-refractivity contribution in [3.8, 4) is 0 Å². The molecule has 26 heavy (non-hydrogen) atoms. The Morgan fingerprint density at radius 1 is 1.08 bits per heavy atom. The molecule has 1 atom stereocenters. The summed E-state index contributed by atoms with van der Waals surface area (Å²) in [6, 6.07) is 9.65. The summed E-state index contributed by atoms with van der Waals surface area (Å²) < 4.78 is 0. The summed E-state index contributed by atoms with van der Waals surface area (Å²) in [4.78, 5) is 28.3. The average molecular weight is 405 g/mol. The van der Waals surface area contributed by atoms with Crippen molar-refractivity contribution in [1.82, 2.24) is 10.2 Å². The Bertz CT molecular complexity index is 557. The van der Waals surface area contributed by atoms with Gasteiger partial charge < -0.3 is 20.9 Å². The molecular weight excluding hydrogens is 375 g/mol. The molecule has 2 rings (SSSR count). The van der Waals surface area contributed by atoms with Gasteiger partial charge in [0.25, 0.3) is 0 Å². The molecule has 0 unspecified atom stereocenters. The van der Waals surface area contributed by atoms with E-state index in [2.05, 4.69) is 22.3 Å². The van der Waals surface area contributed by atoms with E-state index in [1.54, 1.807) is 0 Å². The highest BCUT2D eigenvalue weighted by Gasteiger charge is 2.21. The van der Waals surface area contributed by atoms with Gasteiger partial charge in [-0.3, -0.25) is 9.59 Å². The number of rotatable bonds is 5. The first-order chi connectivity index (χ1) is 11.5. The van der Waals surface area contributed by atoms with Crippen LogP contribution < -0.4 is 16.0 Å². The Balaban J connectivity index is 0.00000312. The number of halogens is 2. The molecule has 8 heteroatoms. The number of para-hydroxylation sites is 1. The van der Waals surface area contributed by atoms with Crippen LogP contribution >= 0.6 is 24.8 Å². The molecule has 1 fully saturated rings. The van der Waals surface area contributed by atoms with Crippen molar-refractivity contribution >= 4 is 42.3 Å². The Kier molecular flexibility index (Phi) is 11.3. The van der Waals surface area contributed by atoms with Crippen LogP contribution in [-0.4, -0.2) is 55.5 Å². The summed E-state index contributed by atoms with van der Waals surface area (Å²) in [5.74, 6) is -0.258. The van der Waals surface area contributed by atoms with Crippen LogP contribution in [0.5, 0.6) is 0 Å². The van der Waals surface area contributed by atoms with Crippen LogP contribution in [0.4, 0.5) is 5.69 Å². The van der Waals surface area contributed by atoms with E-state index in [0.29, 0.717) is 13.1 Å². The Morgan fingerprint density at radius 2 is 1.73 bits per heavy atom. The topological polar surface area (TPSA) is 78.7 Å². The van der Waals surface area contributed by atoms with E-state index in [0.717, 1.165) is 19.5 Å². The van der Waals surface area contributed by atoms with E-state index < -0.39 is 6.04 Å². The van der Waals surface area contributed by atoms with Crippen LogP contribution in [0, 0.1) is 5.92 Å². The second kappa shape index (κ2) is 12.0. The third kappa shape index (κ3) is 7.02. The standard InChI is InChI=1S/C18H28N4O2.2ClH/c1-14(2)17(19)18(24)20-13-16(23)22-10-6-9-21(11-12-22)15-7-4-3-5-8-15;;/h3-5,7-8,14,17H,6,9-13,19H2,1-2H3,(H,20,24);2*1H/t17-;;/m0../s1. The first-order valence-corrected chi connectivity index (χ1v) is 8.60.